The molecule has 0 aromatic carbocycles. The van der Waals surface area contributed by atoms with Gasteiger partial charge in [-0.05, 0) is 20.8 Å². The van der Waals surface area contributed by atoms with Crippen molar-refractivity contribution in [1.82, 2.24) is 0 Å². The second kappa shape index (κ2) is 30.5. The van der Waals surface area contributed by atoms with Crippen molar-refractivity contribution < 1.29 is 44.8 Å². The van der Waals surface area contributed by atoms with Crippen LogP contribution in [0.5, 0.6) is 0 Å². The van der Waals surface area contributed by atoms with Crippen LogP contribution in [0.3, 0.4) is 0 Å². The molecule has 3 unspecified atom stereocenters. The van der Waals surface area contributed by atoms with Gasteiger partial charge in [-0.3, -0.25) is 0 Å². The second-order valence-electron chi connectivity index (χ2n) is 4.67. The van der Waals surface area contributed by atoms with E-state index in [1.54, 1.807) is 28.1 Å². The number of hydrogen-bond acceptors (Lipinski definition) is 9. The molecule has 0 rings (SSSR count). The van der Waals surface area contributed by atoms with Crippen LogP contribution in [0, 0.1) is 0 Å². The number of ether oxygens (including phenoxy) is 3. The first kappa shape index (κ1) is 31.4. The molecule has 0 heterocycles. The van der Waals surface area contributed by atoms with Crippen molar-refractivity contribution in [2.45, 2.75) is 39.1 Å². The van der Waals surface area contributed by atoms with Crippen LogP contribution in [-0.4, -0.2) is 109 Å². The van der Waals surface area contributed by atoms with Crippen LogP contribution in [0.15, 0.2) is 0 Å². The van der Waals surface area contributed by atoms with Crippen molar-refractivity contribution in [3.05, 3.63) is 0 Å². The van der Waals surface area contributed by atoms with Gasteiger partial charge in [-0.15, -0.1) is 0 Å². The molecule has 0 radical (unpaired) electrons. The Morgan fingerprint density at radius 3 is 1.33 bits per heavy atom. The van der Waals surface area contributed by atoms with Gasteiger partial charge in [-0.25, -0.2) is 0 Å². The van der Waals surface area contributed by atoms with E-state index >= 15 is 0 Å². The van der Waals surface area contributed by atoms with E-state index in [1.165, 1.54) is 6.92 Å². The zero-order valence-electron chi connectivity index (χ0n) is 15.6. The van der Waals surface area contributed by atoms with Gasteiger partial charge in [-0.1, -0.05) is 0 Å². The summed E-state index contributed by atoms with van der Waals surface area (Å²) in [6.45, 7) is 5.78. The maximum Gasteiger partial charge on any atom is 0.0779 e. The zero-order valence-corrected chi connectivity index (χ0v) is 15.6. The highest BCUT2D eigenvalue weighted by atomic mass is 16.5. The lowest BCUT2D eigenvalue weighted by Gasteiger charge is -2.10. The largest absolute Gasteiger partial charge is 0.394 e. The molecule has 0 aliphatic carbocycles. The third-order valence-electron chi connectivity index (χ3n) is 1.61. The molecule has 0 aliphatic heterocycles. The summed E-state index contributed by atoms with van der Waals surface area (Å²) in [5, 5.41) is 49.3. The highest BCUT2D eigenvalue weighted by Gasteiger charge is 2.00. The Kier molecular flexibility index (Phi) is 39.9. The van der Waals surface area contributed by atoms with Gasteiger partial charge < -0.3 is 44.8 Å². The Balaban J connectivity index is -0.000000119. The van der Waals surface area contributed by atoms with E-state index in [2.05, 4.69) is 9.47 Å². The summed E-state index contributed by atoms with van der Waals surface area (Å²) in [4.78, 5) is 0. The predicted octanol–water partition coefficient (Wildman–Crippen LogP) is -1.63. The zero-order chi connectivity index (χ0) is 19.8. The van der Waals surface area contributed by atoms with Gasteiger partial charge in [0.15, 0.2) is 0 Å². The van der Waals surface area contributed by atoms with Gasteiger partial charge >= 0.3 is 0 Å². The molecule has 24 heavy (non-hydrogen) atoms. The molecule has 0 spiro atoms. The fourth-order valence-corrected chi connectivity index (χ4v) is 0.587. The molecule has 0 amide bonds. The fraction of sp³-hybridized carbons (Fsp3) is 1.00. The monoisotopic (exact) mass is 362 g/mol. The Morgan fingerprint density at radius 1 is 0.750 bits per heavy atom. The van der Waals surface area contributed by atoms with Crippen molar-refractivity contribution in [3.8, 4) is 0 Å². The van der Waals surface area contributed by atoms with Crippen molar-refractivity contribution in [3.63, 3.8) is 0 Å². The topological polar surface area (TPSA) is 149 Å². The highest BCUT2D eigenvalue weighted by molar-refractivity contribution is 4.47. The number of aliphatic hydroxyl groups excluding tert-OH is 6. The Bertz CT molecular complexity index is 176. The molecule has 9 nitrogen and oxygen atoms in total. The van der Waals surface area contributed by atoms with E-state index in [4.69, 9.17) is 35.4 Å². The van der Waals surface area contributed by atoms with Crippen LogP contribution in [0.1, 0.15) is 20.8 Å². The molecule has 0 aromatic heterocycles. The van der Waals surface area contributed by atoms with E-state index in [9.17, 15) is 0 Å². The van der Waals surface area contributed by atoms with Crippen LogP contribution in [0.2, 0.25) is 0 Å². The fourth-order valence-electron chi connectivity index (χ4n) is 0.587. The van der Waals surface area contributed by atoms with E-state index in [0.29, 0.717) is 19.8 Å². The van der Waals surface area contributed by atoms with Crippen molar-refractivity contribution in [2.75, 3.05) is 60.5 Å². The van der Waals surface area contributed by atoms with E-state index in [-0.39, 0.29) is 32.5 Å². The first-order valence-electron chi connectivity index (χ1n) is 7.66. The molecule has 3 atom stereocenters. The Morgan fingerprint density at radius 2 is 1.12 bits per heavy atom. The number of hydrogen-bond donors (Lipinski definition) is 6. The summed E-state index contributed by atoms with van der Waals surface area (Å²) < 4.78 is 13.8. The van der Waals surface area contributed by atoms with Gasteiger partial charge in [-0.2, -0.15) is 0 Å². The average molecular weight is 362 g/mol. The minimum atomic E-state index is -0.560. The highest BCUT2D eigenvalue weighted by Crippen LogP contribution is 1.90. The molecule has 0 bridgehead atoms. The van der Waals surface area contributed by atoms with Crippen LogP contribution in [0.4, 0.5) is 0 Å². The summed E-state index contributed by atoms with van der Waals surface area (Å²) in [5.41, 5.74) is 0. The number of rotatable bonds is 9. The maximum atomic E-state index is 8.69. The third-order valence-corrected chi connectivity index (χ3v) is 1.61. The SMILES string of the molecule is CC(O)CO.CC(O)COC(C)CO.COC.OCCOCCO. The molecule has 9 heteroatoms. The summed E-state index contributed by atoms with van der Waals surface area (Å²) >= 11 is 0. The maximum absolute atomic E-state index is 8.69. The molecule has 0 aliphatic rings. The lowest BCUT2D eigenvalue weighted by atomic mass is 10.4. The average Bonchev–Trinajstić information content (AvgIpc) is 2.55. The van der Waals surface area contributed by atoms with Crippen LogP contribution in [-0.2, 0) is 14.2 Å². The predicted molar refractivity (Wildman–Crippen MR) is 90.9 cm³/mol. The summed E-state index contributed by atoms with van der Waals surface area (Å²) in [5.74, 6) is 0. The molecular formula is C15H38O9. The van der Waals surface area contributed by atoms with Crippen molar-refractivity contribution in [1.29, 1.82) is 0 Å². The van der Waals surface area contributed by atoms with E-state index < -0.39 is 12.2 Å². The minimum Gasteiger partial charge on any atom is -0.394 e. The summed E-state index contributed by atoms with van der Waals surface area (Å²) in [6, 6.07) is 0. The van der Waals surface area contributed by atoms with E-state index in [0.717, 1.165) is 0 Å². The molecule has 152 valence electrons. The van der Waals surface area contributed by atoms with Gasteiger partial charge in [0.25, 0.3) is 0 Å². The van der Waals surface area contributed by atoms with Gasteiger partial charge in [0, 0.05) is 14.2 Å². The third kappa shape index (κ3) is 57.7. The van der Waals surface area contributed by atoms with E-state index in [1.807, 2.05) is 0 Å². The van der Waals surface area contributed by atoms with Gasteiger partial charge in [0.2, 0.25) is 0 Å². The number of methoxy groups -OCH3 is 1. The van der Waals surface area contributed by atoms with Gasteiger partial charge in [0.1, 0.15) is 0 Å². The lowest BCUT2D eigenvalue weighted by molar-refractivity contribution is -0.0177. The van der Waals surface area contributed by atoms with Crippen LogP contribution >= 0.6 is 0 Å². The molecule has 0 saturated heterocycles. The second-order valence-corrected chi connectivity index (χ2v) is 4.67. The van der Waals surface area contributed by atoms with Gasteiger partial charge in [0.05, 0.1) is 64.6 Å². The molecule has 0 saturated carbocycles. The molecule has 0 fully saturated rings. The Labute approximate surface area is 145 Å². The first-order valence-corrected chi connectivity index (χ1v) is 7.66. The quantitative estimate of drug-likeness (QED) is 0.266. The number of aliphatic hydroxyl groups is 6. The Hall–Kier alpha value is -0.360. The standard InChI is InChI=1S/C6H14O3.C4H10O3.C3H8O2.C2H6O/c1-5(8)4-9-6(2)3-7;5-1-3-7-4-2-6;1-3(5)2-4;1-3-2/h5-8H,3-4H2,1-2H3;5-6H,1-4H2;3-5H,2H2,1H3;1-2H3. The smallest absolute Gasteiger partial charge is 0.0779 e. The summed E-state index contributed by atoms with van der Waals surface area (Å²) in [6.07, 6.45) is -1.17. The van der Waals surface area contributed by atoms with Crippen LogP contribution < -0.4 is 0 Å². The normalized spacial score (nSPS) is 13.1. The molecular weight excluding hydrogens is 324 g/mol. The van der Waals surface area contributed by atoms with Crippen LogP contribution in [0.25, 0.3) is 0 Å². The lowest BCUT2D eigenvalue weighted by Crippen LogP contribution is -2.19. The van der Waals surface area contributed by atoms with Crippen molar-refractivity contribution in [2.24, 2.45) is 0 Å². The summed E-state index contributed by atoms with van der Waals surface area (Å²) in [7, 11) is 3.25. The minimum absolute atomic E-state index is 0.00667. The van der Waals surface area contributed by atoms with Crippen molar-refractivity contribution >= 4 is 0 Å². The molecule has 6 N–H and O–H groups in total. The first-order chi connectivity index (χ1) is 11.3. The molecule has 0 aromatic rings.